The quantitative estimate of drug-likeness (QED) is 0.904. The van der Waals surface area contributed by atoms with Gasteiger partial charge in [0, 0.05) is 22.2 Å². The molecule has 0 bridgehead atoms. The van der Waals surface area contributed by atoms with E-state index in [1.165, 1.54) is 24.3 Å². The number of hydrogen-bond donors (Lipinski definition) is 1. The molecule has 104 valence electrons. The maximum absolute atomic E-state index is 12.7. The smallest absolute Gasteiger partial charge is 0.251 e. The fourth-order valence-electron chi connectivity index (χ4n) is 1.74. The monoisotopic (exact) mass is 311 g/mol. The first-order valence-corrected chi connectivity index (χ1v) is 6.79. The Hall–Kier alpha value is -1.58. The van der Waals surface area contributed by atoms with Crippen molar-refractivity contribution in [2.45, 2.75) is 6.42 Å². The van der Waals surface area contributed by atoms with Crippen LogP contribution in [0, 0.1) is 5.82 Å². The van der Waals surface area contributed by atoms with Crippen LogP contribution in [0.2, 0.25) is 10.0 Å². The average Bonchev–Trinajstić information content (AvgIpc) is 2.42. The van der Waals surface area contributed by atoms with Crippen molar-refractivity contribution in [3.63, 3.8) is 0 Å². The third-order valence-electron chi connectivity index (χ3n) is 2.80. The van der Waals surface area contributed by atoms with Crippen LogP contribution in [-0.4, -0.2) is 12.5 Å². The molecule has 0 atom stereocenters. The topological polar surface area (TPSA) is 29.1 Å². The van der Waals surface area contributed by atoms with Gasteiger partial charge in [0.15, 0.2) is 0 Å². The summed E-state index contributed by atoms with van der Waals surface area (Å²) in [5.74, 6) is -0.607. The van der Waals surface area contributed by atoms with Gasteiger partial charge in [0.25, 0.3) is 5.91 Å². The van der Waals surface area contributed by atoms with Crippen LogP contribution in [0.15, 0.2) is 42.5 Å². The number of hydrogen-bond acceptors (Lipinski definition) is 1. The zero-order chi connectivity index (χ0) is 14.5. The number of carbonyl (C=O) groups is 1. The van der Waals surface area contributed by atoms with Crippen LogP contribution in [0.1, 0.15) is 15.9 Å². The molecule has 0 aliphatic rings. The van der Waals surface area contributed by atoms with Crippen molar-refractivity contribution in [3.05, 3.63) is 69.5 Å². The van der Waals surface area contributed by atoms with Gasteiger partial charge in [0.2, 0.25) is 0 Å². The molecule has 1 N–H and O–H groups in total. The van der Waals surface area contributed by atoms with Gasteiger partial charge in [-0.2, -0.15) is 0 Å². The highest BCUT2D eigenvalue weighted by Crippen LogP contribution is 2.21. The van der Waals surface area contributed by atoms with Crippen LogP contribution in [0.4, 0.5) is 4.39 Å². The maximum Gasteiger partial charge on any atom is 0.251 e. The Bertz CT molecular complexity index is 614. The molecule has 0 unspecified atom stereocenters. The van der Waals surface area contributed by atoms with Gasteiger partial charge >= 0.3 is 0 Å². The summed E-state index contributed by atoms with van der Waals surface area (Å²) in [6.07, 6.45) is 0.600. The van der Waals surface area contributed by atoms with Crippen molar-refractivity contribution in [2.24, 2.45) is 0 Å². The van der Waals surface area contributed by atoms with Crippen LogP contribution < -0.4 is 5.32 Å². The largest absolute Gasteiger partial charge is 0.352 e. The second kappa shape index (κ2) is 6.73. The van der Waals surface area contributed by atoms with E-state index in [2.05, 4.69) is 5.32 Å². The second-order valence-corrected chi connectivity index (χ2v) is 5.09. The number of carbonyl (C=O) groups excluding carboxylic acids is 1. The lowest BCUT2D eigenvalue weighted by atomic mass is 10.1. The van der Waals surface area contributed by atoms with E-state index in [9.17, 15) is 9.18 Å². The van der Waals surface area contributed by atoms with Crippen LogP contribution in [0.25, 0.3) is 0 Å². The lowest BCUT2D eigenvalue weighted by Gasteiger charge is -2.07. The van der Waals surface area contributed by atoms with Crippen molar-refractivity contribution in [1.82, 2.24) is 5.32 Å². The molecular weight excluding hydrogens is 300 g/mol. The van der Waals surface area contributed by atoms with Crippen molar-refractivity contribution in [1.29, 1.82) is 0 Å². The Kier molecular flexibility index (Phi) is 4.99. The molecule has 0 heterocycles. The molecule has 2 aromatic carbocycles. The highest BCUT2D eigenvalue weighted by atomic mass is 35.5. The van der Waals surface area contributed by atoms with Crippen LogP contribution >= 0.6 is 23.2 Å². The molecule has 0 radical (unpaired) electrons. The van der Waals surface area contributed by atoms with Gasteiger partial charge in [-0.25, -0.2) is 4.39 Å². The number of benzene rings is 2. The van der Waals surface area contributed by atoms with E-state index in [-0.39, 0.29) is 11.7 Å². The van der Waals surface area contributed by atoms with Gasteiger partial charge in [-0.1, -0.05) is 29.3 Å². The first-order valence-electron chi connectivity index (χ1n) is 6.04. The van der Waals surface area contributed by atoms with Crippen molar-refractivity contribution in [3.8, 4) is 0 Å². The fourth-order valence-corrected chi connectivity index (χ4v) is 2.24. The number of halogens is 3. The molecule has 20 heavy (non-hydrogen) atoms. The average molecular weight is 312 g/mol. The van der Waals surface area contributed by atoms with Gasteiger partial charge in [0.1, 0.15) is 5.82 Å². The summed E-state index contributed by atoms with van der Waals surface area (Å²) in [6.45, 7) is 0.442. The Morgan fingerprint density at radius 3 is 2.45 bits per heavy atom. The van der Waals surface area contributed by atoms with Gasteiger partial charge in [-0.05, 0) is 48.4 Å². The molecule has 0 saturated heterocycles. The summed E-state index contributed by atoms with van der Waals surface area (Å²) < 4.78 is 12.7. The predicted molar refractivity (Wildman–Crippen MR) is 78.9 cm³/mol. The van der Waals surface area contributed by atoms with E-state index in [0.29, 0.717) is 28.6 Å². The zero-order valence-corrected chi connectivity index (χ0v) is 12.0. The summed E-state index contributed by atoms with van der Waals surface area (Å²) in [5.41, 5.74) is 1.34. The number of rotatable bonds is 4. The third-order valence-corrected chi connectivity index (χ3v) is 3.39. The second-order valence-electron chi connectivity index (χ2n) is 4.25. The highest BCUT2D eigenvalue weighted by molar-refractivity contribution is 6.35. The van der Waals surface area contributed by atoms with Gasteiger partial charge in [0.05, 0.1) is 0 Å². The van der Waals surface area contributed by atoms with E-state index in [1.807, 2.05) is 6.07 Å². The number of amides is 1. The summed E-state index contributed by atoms with van der Waals surface area (Å²) in [4.78, 5) is 11.8. The molecule has 2 nitrogen and oxygen atoms in total. The van der Waals surface area contributed by atoms with E-state index >= 15 is 0 Å². The third kappa shape index (κ3) is 3.95. The first kappa shape index (κ1) is 14.8. The summed E-state index contributed by atoms with van der Waals surface area (Å²) >= 11 is 11.8. The maximum atomic E-state index is 12.7. The molecule has 0 aliphatic heterocycles. The molecule has 0 aliphatic carbocycles. The SMILES string of the molecule is O=C(NCCc1ccc(Cl)cc1Cl)c1ccc(F)cc1. The molecular formula is C15H12Cl2FNO. The minimum absolute atomic E-state index is 0.241. The Morgan fingerprint density at radius 1 is 1.10 bits per heavy atom. The summed E-state index contributed by atoms with van der Waals surface area (Å²) in [7, 11) is 0. The first-order chi connectivity index (χ1) is 9.56. The summed E-state index contributed by atoms with van der Waals surface area (Å²) in [5, 5.41) is 3.91. The molecule has 0 spiro atoms. The Morgan fingerprint density at radius 2 is 1.80 bits per heavy atom. The van der Waals surface area contributed by atoms with E-state index in [4.69, 9.17) is 23.2 Å². The fraction of sp³-hybridized carbons (Fsp3) is 0.133. The predicted octanol–water partition coefficient (Wildman–Crippen LogP) is 4.11. The molecule has 0 fully saturated rings. The van der Waals surface area contributed by atoms with E-state index in [1.54, 1.807) is 12.1 Å². The van der Waals surface area contributed by atoms with Gasteiger partial charge < -0.3 is 5.32 Å². The molecule has 1 amide bonds. The normalized spacial score (nSPS) is 10.3. The molecule has 0 aromatic heterocycles. The zero-order valence-electron chi connectivity index (χ0n) is 10.5. The van der Waals surface area contributed by atoms with Crippen LogP contribution in [-0.2, 0) is 6.42 Å². The van der Waals surface area contributed by atoms with Gasteiger partial charge in [-0.3, -0.25) is 4.79 Å². The number of nitrogens with one attached hydrogen (secondary N) is 1. The van der Waals surface area contributed by atoms with Crippen molar-refractivity contribution >= 4 is 29.1 Å². The molecule has 0 saturated carbocycles. The standard InChI is InChI=1S/C15H12Cl2FNO/c16-12-4-1-10(14(17)9-12)7-8-19-15(20)11-2-5-13(18)6-3-11/h1-6,9H,7-8H2,(H,19,20). The van der Waals surface area contributed by atoms with Crippen molar-refractivity contribution in [2.75, 3.05) is 6.54 Å². The van der Waals surface area contributed by atoms with Crippen LogP contribution in [0.3, 0.4) is 0 Å². The van der Waals surface area contributed by atoms with E-state index < -0.39 is 0 Å². The lowest BCUT2D eigenvalue weighted by Crippen LogP contribution is -2.25. The van der Waals surface area contributed by atoms with Crippen molar-refractivity contribution < 1.29 is 9.18 Å². The minimum atomic E-state index is -0.366. The Balaban J connectivity index is 1.89. The highest BCUT2D eigenvalue weighted by Gasteiger charge is 2.06. The lowest BCUT2D eigenvalue weighted by molar-refractivity contribution is 0.0954. The molecule has 2 rings (SSSR count). The Labute approximate surface area is 126 Å². The minimum Gasteiger partial charge on any atom is -0.352 e. The van der Waals surface area contributed by atoms with Crippen LogP contribution in [0.5, 0.6) is 0 Å². The van der Waals surface area contributed by atoms with E-state index in [0.717, 1.165) is 5.56 Å². The molecule has 2 aromatic rings. The van der Waals surface area contributed by atoms with Gasteiger partial charge in [-0.15, -0.1) is 0 Å². The summed E-state index contributed by atoms with van der Waals surface area (Å²) in [6, 6.07) is 10.6. The molecule has 5 heteroatoms.